The molecule has 30 heavy (non-hydrogen) atoms. The van der Waals surface area contributed by atoms with Crippen molar-refractivity contribution in [1.29, 1.82) is 0 Å². The highest BCUT2D eigenvalue weighted by Crippen LogP contribution is 2.35. The fourth-order valence-corrected chi connectivity index (χ4v) is 4.66. The summed E-state index contributed by atoms with van der Waals surface area (Å²) in [5, 5.41) is 2.85. The maximum Gasteiger partial charge on any atom is 0.243 e. The molecule has 1 heterocycles. The average Bonchev–Trinajstić information content (AvgIpc) is 2.70. The van der Waals surface area contributed by atoms with Crippen LogP contribution in [0.5, 0.6) is 11.5 Å². The first-order valence-electron chi connectivity index (χ1n) is 9.98. The lowest BCUT2D eigenvalue weighted by atomic mass is 10.1. The number of ether oxygens (including phenoxy) is 2. The third-order valence-corrected chi connectivity index (χ3v) is 6.13. The Morgan fingerprint density at radius 3 is 2.57 bits per heavy atom. The van der Waals surface area contributed by atoms with Crippen LogP contribution in [0.3, 0.4) is 0 Å². The highest BCUT2D eigenvalue weighted by Gasteiger charge is 2.30. The highest BCUT2D eigenvalue weighted by atomic mass is 32.2. The van der Waals surface area contributed by atoms with Gasteiger partial charge in [-0.15, -0.1) is 0 Å². The van der Waals surface area contributed by atoms with E-state index >= 15 is 0 Å². The maximum atomic E-state index is 12.7. The summed E-state index contributed by atoms with van der Waals surface area (Å²) in [6.45, 7) is 4.93. The molecule has 8 heteroatoms. The lowest BCUT2D eigenvalue weighted by molar-refractivity contribution is -0.121. The first kappa shape index (κ1) is 22.0. The summed E-state index contributed by atoms with van der Waals surface area (Å²) >= 11 is 0. The number of carbonyl (C=O) groups is 1. The van der Waals surface area contributed by atoms with Crippen LogP contribution in [-0.4, -0.2) is 46.4 Å². The number of nitrogens with one attached hydrogen (secondary N) is 1. The number of benzene rings is 2. The fraction of sp³-hybridized carbons (Fsp3) is 0.409. The van der Waals surface area contributed by atoms with Gasteiger partial charge in [-0.3, -0.25) is 9.10 Å². The standard InChI is InChI=1S/C22H28N2O5S/c1-16-6-4-7-18(14-16)8-5-11-23-22(25)17(2)24(30(3,26)27)19-9-10-20-21(15-19)29-13-12-28-20/h4,6-7,9-10,14-15,17H,5,8,11-13H2,1-3H3,(H,23,25)/t17-/m1/s1. The Morgan fingerprint density at radius 2 is 1.87 bits per heavy atom. The van der Waals surface area contributed by atoms with Crippen molar-refractivity contribution in [2.45, 2.75) is 32.7 Å². The third-order valence-electron chi connectivity index (χ3n) is 4.89. The van der Waals surface area contributed by atoms with E-state index in [1.54, 1.807) is 25.1 Å². The van der Waals surface area contributed by atoms with Crippen molar-refractivity contribution >= 4 is 21.6 Å². The van der Waals surface area contributed by atoms with Crippen LogP contribution in [0, 0.1) is 6.92 Å². The lowest BCUT2D eigenvalue weighted by Crippen LogP contribution is -2.48. The predicted octanol–water partition coefficient (Wildman–Crippen LogP) is 2.67. The van der Waals surface area contributed by atoms with Crippen LogP contribution in [-0.2, 0) is 21.2 Å². The molecule has 0 saturated carbocycles. The highest BCUT2D eigenvalue weighted by molar-refractivity contribution is 7.92. The lowest BCUT2D eigenvalue weighted by Gasteiger charge is -2.29. The molecule has 1 aliphatic heterocycles. The molecule has 0 fully saturated rings. The molecular formula is C22H28N2O5S. The number of hydrogen-bond donors (Lipinski definition) is 1. The van der Waals surface area contributed by atoms with E-state index in [9.17, 15) is 13.2 Å². The summed E-state index contributed by atoms with van der Waals surface area (Å²) < 4.78 is 37.1. The first-order chi connectivity index (χ1) is 14.3. The monoisotopic (exact) mass is 432 g/mol. The molecule has 0 aliphatic carbocycles. The number of sulfonamides is 1. The summed E-state index contributed by atoms with van der Waals surface area (Å²) in [5.74, 6) is 0.685. The Bertz CT molecular complexity index is 1010. The van der Waals surface area contributed by atoms with Crippen LogP contribution in [0.25, 0.3) is 0 Å². The Kier molecular flexibility index (Phi) is 6.87. The third kappa shape index (κ3) is 5.44. The number of nitrogens with zero attached hydrogens (tertiary/aromatic N) is 1. The molecule has 1 atom stereocenters. The Morgan fingerprint density at radius 1 is 1.13 bits per heavy atom. The van der Waals surface area contributed by atoms with Gasteiger partial charge in [-0.2, -0.15) is 0 Å². The second-order valence-corrected chi connectivity index (χ2v) is 9.31. The molecular weight excluding hydrogens is 404 g/mol. The normalized spacial score (nSPS) is 14.1. The number of aryl methyl sites for hydroxylation is 2. The zero-order chi connectivity index (χ0) is 21.7. The molecule has 0 spiro atoms. The molecule has 1 N–H and O–H groups in total. The van der Waals surface area contributed by atoms with Crippen LogP contribution in [0.2, 0.25) is 0 Å². The molecule has 3 rings (SSSR count). The van der Waals surface area contributed by atoms with Gasteiger partial charge in [0.2, 0.25) is 15.9 Å². The zero-order valence-electron chi connectivity index (χ0n) is 17.6. The van der Waals surface area contributed by atoms with Gasteiger partial charge in [0.05, 0.1) is 11.9 Å². The van der Waals surface area contributed by atoms with Crippen molar-refractivity contribution in [3.8, 4) is 11.5 Å². The van der Waals surface area contributed by atoms with Gasteiger partial charge in [0, 0.05) is 12.6 Å². The van der Waals surface area contributed by atoms with Crippen molar-refractivity contribution in [2.75, 3.05) is 30.3 Å². The van der Waals surface area contributed by atoms with Gasteiger partial charge < -0.3 is 14.8 Å². The minimum Gasteiger partial charge on any atom is -0.486 e. The molecule has 0 aromatic heterocycles. The minimum atomic E-state index is -3.69. The second-order valence-electron chi connectivity index (χ2n) is 7.45. The summed E-state index contributed by atoms with van der Waals surface area (Å²) in [5.41, 5.74) is 2.78. The molecule has 162 valence electrons. The van der Waals surface area contributed by atoms with Gasteiger partial charge in [0.1, 0.15) is 19.3 Å². The van der Waals surface area contributed by atoms with Gasteiger partial charge in [-0.05, 0) is 44.4 Å². The van der Waals surface area contributed by atoms with Gasteiger partial charge in [0.25, 0.3) is 0 Å². The zero-order valence-corrected chi connectivity index (χ0v) is 18.4. The number of hydrogen-bond acceptors (Lipinski definition) is 5. The maximum absolute atomic E-state index is 12.7. The van der Waals surface area contributed by atoms with Crippen molar-refractivity contribution < 1.29 is 22.7 Å². The first-order valence-corrected chi connectivity index (χ1v) is 11.8. The number of carbonyl (C=O) groups excluding carboxylic acids is 1. The second kappa shape index (κ2) is 9.38. The number of amides is 1. The van der Waals surface area contributed by atoms with E-state index < -0.39 is 16.1 Å². The number of anilines is 1. The number of fused-ring (bicyclic) bond motifs is 1. The van der Waals surface area contributed by atoms with E-state index in [0.29, 0.717) is 36.9 Å². The van der Waals surface area contributed by atoms with E-state index in [2.05, 4.69) is 17.4 Å². The summed E-state index contributed by atoms with van der Waals surface area (Å²) in [6, 6.07) is 12.2. The van der Waals surface area contributed by atoms with Crippen LogP contribution in [0.4, 0.5) is 5.69 Å². The molecule has 0 bridgehead atoms. The van der Waals surface area contributed by atoms with Crippen molar-refractivity contribution in [1.82, 2.24) is 5.32 Å². The predicted molar refractivity (Wildman–Crippen MR) is 117 cm³/mol. The van der Waals surface area contributed by atoms with Gasteiger partial charge >= 0.3 is 0 Å². The minimum absolute atomic E-state index is 0.348. The molecule has 0 unspecified atom stereocenters. The van der Waals surface area contributed by atoms with Gasteiger partial charge in [-0.1, -0.05) is 29.8 Å². The van der Waals surface area contributed by atoms with Crippen LogP contribution in [0.1, 0.15) is 24.5 Å². The molecule has 1 aliphatic rings. The average molecular weight is 433 g/mol. The van der Waals surface area contributed by atoms with Crippen LogP contribution < -0.4 is 19.1 Å². The summed E-state index contributed by atoms with van der Waals surface area (Å²) in [4.78, 5) is 12.7. The Labute approximate surface area is 178 Å². The molecule has 1 amide bonds. The molecule has 0 radical (unpaired) electrons. The van der Waals surface area contributed by atoms with Crippen LogP contribution in [0.15, 0.2) is 42.5 Å². The summed E-state index contributed by atoms with van der Waals surface area (Å²) in [6.07, 6.45) is 2.70. The van der Waals surface area contributed by atoms with Crippen LogP contribution >= 0.6 is 0 Å². The van der Waals surface area contributed by atoms with Crippen molar-refractivity contribution in [2.24, 2.45) is 0 Å². The SMILES string of the molecule is Cc1cccc(CCCNC(=O)[C@@H](C)N(c2ccc3c(c2)OCCO3)S(C)(=O)=O)c1. The largest absolute Gasteiger partial charge is 0.486 e. The smallest absolute Gasteiger partial charge is 0.243 e. The molecule has 0 saturated heterocycles. The van der Waals surface area contributed by atoms with E-state index in [0.717, 1.165) is 23.4 Å². The Balaban J connectivity index is 1.65. The number of rotatable bonds is 8. The quantitative estimate of drug-likeness (QED) is 0.649. The van der Waals surface area contributed by atoms with Crippen molar-refractivity contribution in [3.05, 3.63) is 53.6 Å². The van der Waals surface area contributed by atoms with Gasteiger partial charge in [-0.25, -0.2) is 8.42 Å². The van der Waals surface area contributed by atoms with E-state index in [4.69, 9.17) is 9.47 Å². The molecule has 7 nitrogen and oxygen atoms in total. The van der Waals surface area contributed by atoms with E-state index in [1.807, 2.05) is 19.1 Å². The van der Waals surface area contributed by atoms with E-state index in [1.165, 1.54) is 11.1 Å². The summed E-state index contributed by atoms with van der Waals surface area (Å²) in [7, 11) is -3.69. The van der Waals surface area contributed by atoms with Gasteiger partial charge in [0.15, 0.2) is 11.5 Å². The molecule has 2 aromatic carbocycles. The van der Waals surface area contributed by atoms with Crippen molar-refractivity contribution in [3.63, 3.8) is 0 Å². The topological polar surface area (TPSA) is 84.9 Å². The van der Waals surface area contributed by atoms with E-state index in [-0.39, 0.29) is 5.91 Å². The fourth-order valence-electron chi connectivity index (χ4n) is 3.50. The Hall–Kier alpha value is -2.74. The molecule has 2 aromatic rings.